The average Bonchev–Trinajstić information content (AvgIpc) is 3.32. The number of fused-ring (bicyclic) bond motifs is 1. The van der Waals surface area contributed by atoms with E-state index in [-0.39, 0.29) is 22.2 Å². The molecule has 0 saturated heterocycles. The number of nitrogens with zero attached hydrogens (tertiary/aromatic N) is 1. The molecule has 1 atom stereocenters. The number of methoxy groups -OCH3 is 1. The van der Waals surface area contributed by atoms with Gasteiger partial charge < -0.3 is 15.2 Å². The number of carbonyl (C=O) groups excluding carboxylic acids is 2. The first kappa shape index (κ1) is 19.7. The summed E-state index contributed by atoms with van der Waals surface area (Å²) >= 11 is 1.11. The fourth-order valence-corrected chi connectivity index (χ4v) is 5.03. The zero-order valence-corrected chi connectivity index (χ0v) is 17.5. The van der Waals surface area contributed by atoms with Gasteiger partial charge in [-0.3, -0.25) is 14.5 Å². The zero-order valence-electron chi connectivity index (χ0n) is 15.9. The number of hydrogen-bond acceptors (Lipinski definition) is 8. The molecular formula is C19H20N2O6S2. The van der Waals surface area contributed by atoms with Gasteiger partial charge in [0.05, 0.1) is 41.1 Å². The van der Waals surface area contributed by atoms with Crippen molar-refractivity contribution in [1.29, 1.82) is 0 Å². The van der Waals surface area contributed by atoms with Gasteiger partial charge in [-0.05, 0) is 30.5 Å². The largest absolute Gasteiger partial charge is 0.493 e. The lowest BCUT2D eigenvalue weighted by Gasteiger charge is -2.27. The van der Waals surface area contributed by atoms with Gasteiger partial charge in [0.25, 0.3) is 11.8 Å². The summed E-state index contributed by atoms with van der Waals surface area (Å²) in [4.78, 5) is 26.9. The molecular weight excluding hydrogens is 416 g/mol. The second-order valence-electron chi connectivity index (χ2n) is 7.20. The topological polar surface area (TPSA) is 116 Å². The third-order valence-corrected chi connectivity index (χ3v) is 6.60. The number of rotatable bonds is 7. The maximum Gasteiger partial charge on any atom is 0.265 e. The number of benzene rings is 1. The predicted octanol–water partition coefficient (Wildman–Crippen LogP) is 2.26. The molecule has 8 nitrogen and oxygen atoms in total. The number of anilines is 1. The maximum absolute atomic E-state index is 13.0. The summed E-state index contributed by atoms with van der Waals surface area (Å²) in [6.07, 6.45) is 3.03. The third kappa shape index (κ3) is 3.69. The zero-order chi connectivity index (χ0) is 20.9. The summed E-state index contributed by atoms with van der Waals surface area (Å²) in [5.74, 6) is -0.586. The van der Waals surface area contributed by atoms with E-state index in [9.17, 15) is 18.0 Å². The highest BCUT2D eigenvalue weighted by atomic mass is 32.2. The van der Waals surface area contributed by atoms with E-state index in [1.165, 1.54) is 12.5 Å². The number of carbonyl (C=O) groups is 2. The molecule has 2 heterocycles. The van der Waals surface area contributed by atoms with E-state index >= 15 is 0 Å². The van der Waals surface area contributed by atoms with Crippen molar-refractivity contribution in [3.8, 4) is 11.5 Å². The first-order valence-electron chi connectivity index (χ1n) is 8.96. The van der Waals surface area contributed by atoms with Gasteiger partial charge in [-0.25, -0.2) is 8.42 Å². The van der Waals surface area contributed by atoms with Gasteiger partial charge in [-0.15, -0.1) is 11.3 Å². The minimum absolute atomic E-state index is 0.0917. The molecule has 1 aromatic carbocycles. The van der Waals surface area contributed by atoms with Crippen molar-refractivity contribution in [2.75, 3.05) is 24.9 Å². The Morgan fingerprint density at radius 2 is 1.97 bits per heavy atom. The van der Waals surface area contributed by atoms with Crippen LogP contribution in [0.5, 0.6) is 11.5 Å². The van der Waals surface area contributed by atoms with Crippen molar-refractivity contribution in [1.82, 2.24) is 4.90 Å². The van der Waals surface area contributed by atoms with Gasteiger partial charge in [0, 0.05) is 11.6 Å². The van der Waals surface area contributed by atoms with Crippen LogP contribution in [0.15, 0.2) is 23.6 Å². The van der Waals surface area contributed by atoms with Gasteiger partial charge in [0.15, 0.2) is 11.5 Å². The van der Waals surface area contributed by atoms with Gasteiger partial charge >= 0.3 is 0 Å². The number of amides is 2. The quantitative estimate of drug-likeness (QED) is 0.662. The Kier molecular flexibility index (Phi) is 4.78. The minimum atomic E-state index is -3.52. The summed E-state index contributed by atoms with van der Waals surface area (Å²) in [6, 6.07) is 3.93. The van der Waals surface area contributed by atoms with Crippen molar-refractivity contribution in [2.24, 2.45) is 0 Å². The first-order valence-corrected chi connectivity index (χ1v) is 11.9. The van der Waals surface area contributed by atoms with Crippen LogP contribution in [-0.4, -0.2) is 50.4 Å². The van der Waals surface area contributed by atoms with Crippen molar-refractivity contribution in [2.45, 2.75) is 25.0 Å². The molecule has 2 aliphatic rings. The lowest BCUT2D eigenvalue weighted by molar-refractivity contribution is 0.0597. The fraction of sp³-hybridized carbons (Fsp3) is 0.368. The van der Waals surface area contributed by atoms with Crippen LogP contribution in [0.1, 0.15) is 45.2 Å². The van der Waals surface area contributed by atoms with E-state index in [2.05, 4.69) is 0 Å². The number of hydrogen-bond donors (Lipinski definition) is 1. The van der Waals surface area contributed by atoms with Crippen molar-refractivity contribution in [3.63, 3.8) is 0 Å². The number of sulfone groups is 1. The highest BCUT2D eigenvalue weighted by molar-refractivity contribution is 7.90. The van der Waals surface area contributed by atoms with Crippen LogP contribution in [-0.2, 0) is 9.84 Å². The molecule has 2 N–H and O–H groups in total. The predicted molar refractivity (Wildman–Crippen MR) is 108 cm³/mol. The molecule has 0 radical (unpaired) electrons. The van der Waals surface area contributed by atoms with Crippen molar-refractivity contribution >= 4 is 38.0 Å². The van der Waals surface area contributed by atoms with Crippen LogP contribution in [0.4, 0.5) is 5.00 Å². The van der Waals surface area contributed by atoms with E-state index in [1.54, 1.807) is 18.2 Å². The monoisotopic (exact) mass is 436 g/mol. The Bertz CT molecular complexity index is 1100. The van der Waals surface area contributed by atoms with E-state index in [4.69, 9.17) is 15.2 Å². The average molecular weight is 437 g/mol. The van der Waals surface area contributed by atoms with Gasteiger partial charge in [0.1, 0.15) is 9.84 Å². The molecule has 0 unspecified atom stereocenters. The molecule has 0 spiro atoms. The summed E-state index contributed by atoms with van der Waals surface area (Å²) in [6.45, 7) is 0. The Balaban J connectivity index is 1.77. The molecule has 1 saturated carbocycles. The molecule has 2 amide bonds. The molecule has 10 heteroatoms. The molecule has 154 valence electrons. The van der Waals surface area contributed by atoms with E-state index < -0.39 is 33.4 Å². The molecule has 1 aromatic heterocycles. The van der Waals surface area contributed by atoms with Crippen LogP contribution < -0.4 is 15.2 Å². The highest BCUT2D eigenvalue weighted by Crippen LogP contribution is 2.41. The normalized spacial score (nSPS) is 17.4. The van der Waals surface area contributed by atoms with Crippen LogP contribution in [0, 0.1) is 0 Å². The molecule has 29 heavy (non-hydrogen) atoms. The van der Waals surface area contributed by atoms with Crippen LogP contribution in [0.3, 0.4) is 0 Å². The number of nitrogen functional groups attached to an aromatic ring is 1. The number of nitrogens with two attached hydrogens (primary N) is 1. The number of ether oxygens (including phenoxy) is 2. The highest BCUT2D eigenvalue weighted by Gasteiger charge is 2.44. The van der Waals surface area contributed by atoms with Crippen molar-refractivity contribution < 1.29 is 27.5 Å². The molecule has 1 fully saturated rings. The lowest BCUT2D eigenvalue weighted by atomic mass is 10.1. The fourth-order valence-electron chi connectivity index (χ4n) is 3.34. The summed E-state index contributed by atoms with van der Waals surface area (Å²) in [5, 5.41) is 1.77. The summed E-state index contributed by atoms with van der Waals surface area (Å²) < 4.78 is 35.5. The molecule has 1 aliphatic carbocycles. The maximum atomic E-state index is 13.0. The SMILES string of the molecule is COc1ccc([C@H](CS(C)(=O)=O)N2C(=O)c3csc(N)c3C2=O)cc1OC1CC1. The molecule has 1 aliphatic heterocycles. The Labute approximate surface area is 172 Å². The summed E-state index contributed by atoms with van der Waals surface area (Å²) in [7, 11) is -2.01. The Morgan fingerprint density at radius 1 is 1.24 bits per heavy atom. The third-order valence-electron chi connectivity index (χ3n) is 4.86. The lowest BCUT2D eigenvalue weighted by Crippen LogP contribution is -2.38. The van der Waals surface area contributed by atoms with Gasteiger partial charge in [-0.1, -0.05) is 6.07 Å². The molecule has 4 rings (SSSR count). The first-order chi connectivity index (χ1) is 13.7. The standard InChI is InChI=1S/C19H20N2O6S2/c1-26-14-6-3-10(7-15(14)27-11-4-5-11)13(9-29(2,24)25)21-18(22)12-8-28-17(20)16(12)19(21)23/h3,6-8,11,13H,4-5,9,20H2,1-2H3/t13-/m0/s1. The number of thiophene rings is 1. The van der Waals surface area contributed by atoms with E-state index in [0.29, 0.717) is 17.1 Å². The molecule has 0 bridgehead atoms. The van der Waals surface area contributed by atoms with Crippen LogP contribution in [0.2, 0.25) is 0 Å². The van der Waals surface area contributed by atoms with Gasteiger partial charge in [0.2, 0.25) is 0 Å². The summed E-state index contributed by atoms with van der Waals surface area (Å²) in [5.41, 5.74) is 6.68. The Morgan fingerprint density at radius 3 is 2.55 bits per heavy atom. The van der Waals surface area contributed by atoms with Crippen LogP contribution >= 0.6 is 11.3 Å². The molecule has 2 aromatic rings. The Hall–Kier alpha value is -2.59. The van der Waals surface area contributed by atoms with Gasteiger partial charge in [-0.2, -0.15) is 0 Å². The minimum Gasteiger partial charge on any atom is -0.493 e. The van der Waals surface area contributed by atoms with E-state index in [1.807, 2.05) is 0 Å². The second kappa shape index (κ2) is 7.03. The number of imide groups is 1. The van der Waals surface area contributed by atoms with Crippen LogP contribution in [0.25, 0.3) is 0 Å². The van der Waals surface area contributed by atoms with E-state index in [0.717, 1.165) is 35.3 Å². The second-order valence-corrected chi connectivity index (χ2v) is 10.3. The van der Waals surface area contributed by atoms with Crippen molar-refractivity contribution in [3.05, 3.63) is 40.3 Å². The smallest absolute Gasteiger partial charge is 0.265 e.